The maximum Gasteiger partial charge on any atom is 0.261 e. The van der Waals surface area contributed by atoms with Gasteiger partial charge in [-0.15, -0.1) is 11.3 Å². The van der Waals surface area contributed by atoms with Crippen molar-refractivity contribution in [2.75, 3.05) is 19.6 Å². The normalized spacial score (nSPS) is 15.8. The Balaban J connectivity index is 1.59. The van der Waals surface area contributed by atoms with Gasteiger partial charge in [0.1, 0.15) is 0 Å². The lowest BCUT2D eigenvalue weighted by Gasteiger charge is -2.25. The number of sulfonamides is 1. The number of thiophene rings is 1. The molecule has 0 atom stereocenters. The molecular formula is C18H22N2O3S2. The first kappa shape index (κ1) is 18.1. The first-order chi connectivity index (χ1) is 12.1. The van der Waals surface area contributed by atoms with E-state index in [1.54, 1.807) is 5.38 Å². The molecule has 1 aliphatic heterocycles. The van der Waals surface area contributed by atoms with Crippen LogP contribution in [0.2, 0.25) is 0 Å². The number of hydrogen-bond donors (Lipinski definition) is 1. The van der Waals surface area contributed by atoms with Gasteiger partial charge in [-0.3, -0.25) is 4.79 Å². The molecule has 5 nitrogen and oxygen atoms in total. The van der Waals surface area contributed by atoms with Gasteiger partial charge < -0.3 is 5.32 Å². The average molecular weight is 379 g/mol. The van der Waals surface area contributed by atoms with Gasteiger partial charge in [-0.05, 0) is 30.9 Å². The van der Waals surface area contributed by atoms with Crippen LogP contribution in [0.25, 0.3) is 0 Å². The first-order valence-electron chi connectivity index (χ1n) is 8.48. The second-order valence-electron chi connectivity index (χ2n) is 6.10. The summed E-state index contributed by atoms with van der Waals surface area (Å²) in [5, 5.41) is 4.42. The minimum Gasteiger partial charge on any atom is -0.351 e. The van der Waals surface area contributed by atoms with Gasteiger partial charge in [0, 0.05) is 25.0 Å². The van der Waals surface area contributed by atoms with Gasteiger partial charge >= 0.3 is 0 Å². The van der Waals surface area contributed by atoms with Crippen LogP contribution in [0.1, 0.15) is 34.5 Å². The van der Waals surface area contributed by atoms with Crippen molar-refractivity contribution in [3.63, 3.8) is 0 Å². The van der Waals surface area contributed by atoms with Crippen molar-refractivity contribution in [3.05, 3.63) is 52.2 Å². The highest BCUT2D eigenvalue weighted by atomic mass is 32.2. The third-order valence-electron chi connectivity index (χ3n) is 4.29. The van der Waals surface area contributed by atoms with E-state index in [1.165, 1.54) is 21.7 Å². The summed E-state index contributed by atoms with van der Waals surface area (Å²) in [5.41, 5.74) is 1.15. The minimum absolute atomic E-state index is 0.221. The number of nitrogens with one attached hydrogen (secondary N) is 1. The number of hydrogen-bond acceptors (Lipinski definition) is 4. The number of amides is 1. The number of carbonyl (C=O) groups excluding carboxylic acids is 1. The van der Waals surface area contributed by atoms with E-state index < -0.39 is 10.0 Å². The Hall–Kier alpha value is -1.70. The third kappa shape index (κ3) is 4.48. The van der Waals surface area contributed by atoms with Gasteiger partial charge in [0.2, 0.25) is 10.0 Å². The molecule has 1 amide bonds. The van der Waals surface area contributed by atoms with Crippen molar-refractivity contribution in [1.82, 2.24) is 9.62 Å². The number of nitrogens with zero attached hydrogens (tertiary/aromatic N) is 1. The monoisotopic (exact) mass is 378 g/mol. The standard InChI is InChI=1S/C18H22N2O3S2/c21-18(19-10-9-15-7-3-1-4-8-15)17-13-16(14-24-17)25(22,23)20-11-5-2-6-12-20/h1,3-4,7-8,13-14H,2,5-6,9-12H2,(H,19,21). The highest BCUT2D eigenvalue weighted by molar-refractivity contribution is 7.89. The molecular weight excluding hydrogens is 356 g/mol. The van der Waals surface area contributed by atoms with Crippen molar-refractivity contribution in [1.29, 1.82) is 0 Å². The van der Waals surface area contributed by atoms with Crippen molar-refractivity contribution < 1.29 is 13.2 Å². The number of rotatable bonds is 6. The Morgan fingerprint density at radius 1 is 1.12 bits per heavy atom. The molecule has 0 saturated carbocycles. The molecule has 0 unspecified atom stereocenters. The third-order valence-corrected chi connectivity index (χ3v) is 7.25. The highest BCUT2D eigenvalue weighted by Crippen LogP contribution is 2.25. The number of benzene rings is 1. The molecule has 134 valence electrons. The molecule has 1 aliphatic rings. The molecule has 0 radical (unpaired) electrons. The number of carbonyl (C=O) groups is 1. The van der Waals surface area contributed by atoms with E-state index in [0.29, 0.717) is 24.5 Å². The second kappa shape index (κ2) is 8.12. The molecule has 7 heteroatoms. The van der Waals surface area contributed by atoms with Crippen LogP contribution in [0.5, 0.6) is 0 Å². The van der Waals surface area contributed by atoms with Gasteiger partial charge in [0.15, 0.2) is 0 Å². The van der Waals surface area contributed by atoms with Crippen LogP contribution in [-0.4, -0.2) is 38.3 Å². The fourth-order valence-corrected chi connectivity index (χ4v) is 5.57. The summed E-state index contributed by atoms with van der Waals surface area (Å²) in [4.78, 5) is 12.9. The summed E-state index contributed by atoms with van der Waals surface area (Å²) in [5.74, 6) is -0.221. The van der Waals surface area contributed by atoms with Crippen LogP contribution < -0.4 is 5.32 Å². The highest BCUT2D eigenvalue weighted by Gasteiger charge is 2.27. The van der Waals surface area contributed by atoms with Crippen LogP contribution in [0.4, 0.5) is 0 Å². The Kier molecular flexibility index (Phi) is 5.88. The van der Waals surface area contributed by atoms with Crippen molar-refractivity contribution in [2.45, 2.75) is 30.6 Å². The maximum absolute atomic E-state index is 12.6. The van der Waals surface area contributed by atoms with E-state index in [9.17, 15) is 13.2 Å². The molecule has 1 N–H and O–H groups in total. The van der Waals surface area contributed by atoms with E-state index in [0.717, 1.165) is 31.2 Å². The molecule has 0 spiro atoms. The summed E-state index contributed by atoms with van der Waals surface area (Å²) in [7, 11) is -3.47. The van der Waals surface area contributed by atoms with Crippen molar-refractivity contribution >= 4 is 27.3 Å². The van der Waals surface area contributed by atoms with E-state index in [1.807, 2.05) is 30.3 Å². The van der Waals surface area contributed by atoms with Crippen LogP contribution in [0, 0.1) is 0 Å². The van der Waals surface area contributed by atoms with E-state index in [2.05, 4.69) is 5.32 Å². The predicted octanol–water partition coefficient (Wildman–Crippen LogP) is 2.90. The topological polar surface area (TPSA) is 66.5 Å². The van der Waals surface area contributed by atoms with E-state index in [-0.39, 0.29) is 10.8 Å². The number of piperidine rings is 1. The maximum atomic E-state index is 12.6. The smallest absolute Gasteiger partial charge is 0.261 e. The lowest BCUT2D eigenvalue weighted by molar-refractivity contribution is 0.0958. The lowest BCUT2D eigenvalue weighted by Crippen LogP contribution is -2.35. The quantitative estimate of drug-likeness (QED) is 0.840. The molecule has 1 aromatic heterocycles. The zero-order valence-electron chi connectivity index (χ0n) is 14.0. The fourth-order valence-electron chi connectivity index (χ4n) is 2.88. The zero-order valence-corrected chi connectivity index (χ0v) is 15.6. The Bertz CT molecular complexity index is 810. The second-order valence-corrected chi connectivity index (χ2v) is 8.95. The van der Waals surface area contributed by atoms with Crippen LogP contribution in [0.15, 0.2) is 46.7 Å². The van der Waals surface area contributed by atoms with Crippen molar-refractivity contribution in [2.24, 2.45) is 0 Å². The Labute approximate surface area is 152 Å². The summed E-state index contributed by atoms with van der Waals surface area (Å²) >= 11 is 1.18. The summed E-state index contributed by atoms with van der Waals surface area (Å²) in [6.07, 6.45) is 3.62. The summed E-state index contributed by atoms with van der Waals surface area (Å²) < 4.78 is 26.8. The molecule has 1 saturated heterocycles. The van der Waals surface area contributed by atoms with E-state index in [4.69, 9.17) is 0 Å². The summed E-state index contributed by atoms with van der Waals surface area (Å²) in [6.45, 7) is 1.66. The molecule has 2 aromatic rings. The molecule has 25 heavy (non-hydrogen) atoms. The van der Waals surface area contributed by atoms with E-state index >= 15 is 0 Å². The van der Waals surface area contributed by atoms with Crippen LogP contribution >= 0.6 is 11.3 Å². The molecule has 3 rings (SSSR count). The minimum atomic E-state index is -3.47. The molecule has 0 bridgehead atoms. The molecule has 0 aliphatic carbocycles. The SMILES string of the molecule is O=C(NCCc1ccccc1)c1cc(S(=O)(=O)N2CCCCC2)cs1. The van der Waals surface area contributed by atoms with Gasteiger partial charge in [0.25, 0.3) is 5.91 Å². The lowest BCUT2D eigenvalue weighted by atomic mass is 10.1. The van der Waals surface area contributed by atoms with Gasteiger partial charge in [0.05, 0.1) is 9.77 Å². The Morgan fingerprint density at radius 3 is 2.56 bits per heavy atom. The molecule has 1 fully saturated rings. The molecule has 1 aromatic carbocycles. The average Bonchev–Trinajstić information content (AvgIpc) is 3.14. The Morgan fingerprint density at radius 2 is 1.84 bits per heavy atom. The van der Waals surface area contributed by atoms with Gasteiger partial charge in [-0.25, -0.2) is 8.42 Å². The fraction of sp³-hybridized carbons (Fsp3) is 0.389. The zero-order chi connectivity index (χ0) is 17.7. The van der Waals surface area contributed by atoms with Crippen LogP contribution in [-0.2, 0) is 16.4 Å². The summed E-state index contributed by atoms with van der Waals surface area (Å²) in [6, 6.07) is 11.4. The largest absolute Gasteiger partial charge is 0.351 e. The van der Waals surface area contributed by atoms with Gasteiger partial charge in [-0.1, -0.05) is 36.8 Å². The van der Waals surface area contributed by atoms with Crippen molar-refractivity contribution in [3.8, 4) is 0 Å². The first-order valence-corrected chi connectivity index (χ1v) is 10.8. The predicted molar refractivity (Wildman–Crippen MR) is 99.4 cm³/mol. The molecule has 2 heterocycles. The van der Waals surface area contributed by atoms with Crippen LogP contribution in [0.3, 0.4) is 0 Å². The van der Waals surface area contributed by atoms with Gasteiger partial charge in [-0.2, -0.15) is 4.31 Å².